The monoisotopic (exact) mass is 376 g/mol. The third-order valence-electron chi connectivity index (χ3n) is 5.22. The quantitative estimate of drug-likeness (QED) is 0.727. The van der Waals surface area contributed by atoms with Gasteiger partial charge in [-0.15, -0.1) is 10.2 Å². The molecule has 2 N–H and O–H groups in total. The molecule has 142 valence electrons. The molecule has 4 heterocycles. The van der Waals surface area contributed by atoms with E-state index in [1.165, 1.54) is 0 Å². The van der Waals surface area contributed by atoms with Crippen LogP contribution in [0.3, 0.4) is 0 Å². The molecular weight excluding hydrogens is 356 g/mol. The van der Waals surface area contributed by atoms with Gasteiger partial charge in [0, 0.05) is 25.8 Å². The van der Waals surface area contributed by atoms with E-state index in [1.54, 1.807) is 6.33 Å². The number of carbonyl (C=O) groups is 1. The second-order valence-corrected chi connectivity index (χ2v) is 6.96. The minimum atomic E-state index is -0.0616. The van der Waals surface area contributed by atoms with Gasteiger partial charge in [-0.05, 0) is 36.6 Å². The van der Waals surface area contributed by atoms with Crippen LogP contribution in [0, 0.1) is 0 Å². The van der Waals surface area contributed by atoms with E-state index < -0.39 is 0 Å². The topological polar surface area (TPSA) is 94.0 Å². The summed E-state index contributed by atoms with van der Waals surface area (Å²) in [4.78, 5) is 16.9. The van der Waals surface area contributed by atoms with Gasteiger partial charge >= 0.3 is 0 Å². The molecule has 1 amide bonds. The Morgan fingerprint density at radius 3 is 2.89 bits per heavy atom. The zero-order valence-corrected chi connectivity index (χ0v) is 15.3. The molecule has 2 aromatic heterocycles. The third-order valence-corrected chi connectivity index (χ3v) is 5.22. The minimum Gasteiger partial charge on any atom is -0.381 e. The first-order chi connectivity index (χ1) is 13.8. The number of carbonyl (C=O) groups excluding carboxylic acids is 1. The second kappa shape index (κ2) is 7.05. The minimum absolute atomic E-state index is 0.0616. The summed E-state index contributed by atoms with van der Waals surface area (Å²) in [5.41, 5.74) is 3.17. The van der Waals surface area contributed by atoms with E-state index in [-0.39, 0.29) is 5.91 Å². The van der Waals surface area contributed by atoms with Crippen LogP contribution in [0.5, 0.6) is 0 Å². The molecule has 1 saturated heterocycles. The van der Waals surface area contributed by atoms with E-state index in [0.29, 0.717) is 24.0 Å². The number of hydrogen-bond acceptors (Lipinski definition) is 6. The number of hydrogen-bond donors (Lipinski definition) is 2. The summed E-state index contributed by atoms with van der Waals surface area (Å²) in [6, 6.07) is 11.8. The van der Waals surface area contributed by atoms with Crippen LogP contribution in [0.1, 0.15) is 34.8 Å². The molecule has 3 aromatic rings. The molecule has 5 rings (SSSR count). The van der Waals surface area contributed by atoms with Crippen LogP contribution in [-0.2, 0) is 11.3 Å². The Bertz CT molecular complexity index is 1030. The number of nitrogens with zero attached hydrogens (tertiary/aromatic N) is 4. The molecule has 0 spiro atoms. The summed E-state index contributed by atoms with van der Waals surface area (Å²) < 4.78 is 7.55. The van der Waals surface area contributed by atoms with Crippen molar-refractivity contribution < 1.29 is 9.53 Å². The lowest BCUT2D eigenvalue weighted by molar-refractivity contribution is 0.0699. The predicted molar refractivity (Wildman–Crippen MR) is 103 cm³/mol. The molecule has 0 unspecified atom stereocenters. The first kappa shape index (κ1) is 16.9. The van der Waals surface area contributed by atoms with E-state index >= 15 is 0 Å². The highest BCUT2D eigenvalue weighted by Crippen LogP contribution is 2.29. The van der Waals surface area contributed by atoms with E-state index in [0.717, 1.165) is 48.8 Å². The van der Waals surface area contributed by atoms with Gasteiger partial charge in [0.1, 0.15) is 17.8 Å². The zero-order valence-electron chi connectivity index (χ0n) is 15.3. The fourth-order valence-corrected chi connectivity index (χ4v) is 3.81. The normalized spacial score (nSPS) is 16.6. The van der Waals surface area contributed by atoms with Crippen LogP contribution in [0.15, 0.2) is 42.7 Å². The van der Waals surface area contributed by atoms with E-state index in [2.05, 4.69) is 25.4 Å². The van der Waals surface area contributed by atoms with Gasteiger partial charge in [-0.2, -0.15) is 0 Å². The standard InChI is InChI=1S/C20H20N6O2/c27-20-18-13(11-21-20)3-1-4-15(18)23-17-6-2-5-16(24-17)19-25-22-12-26(19)14-7-9-28-10-8-14/h1-6,12,14H,7-11H2,(H,21,27)(H,23,24). The second-order valence-electron chi connectivity index (χ2n) is 6.96. The van der Waals surface area contributed by atoms with Crippen molar-refractivity contribution in [3.8, 4) is 11.5 Å². The molecule has 0 aliphatic carbocycles. The largest absolute Gasteiger partial charge is 0.381 e. The van der Waals surface area contributed by atoms with Gasteiger partial charge in [-0.1, -0.05) is 18.2 Å². The number of benzene rings is 1. The maximum absolute atomic E-state index is 12.1. The SMILES string of the molecule is O=C1NCc2cccc(Nc3cccc(-c4nncn4C4CCOCC4)n3)c21. The van der Waals surface area contributed by atoms with Crippen molar-refractivity contribution in [2.75, 3.05) is 18.5 Å². The number of pyridine rings is 1. The van der Waals surface area contributed by atoms with Crippen LogP contribution in [0.2, 0.25) is 0 Å². The molecule has 1 fully saturated rings. The molecule has 2 aliphatic heterocycles. The Labute approximate surface area is 162 Å². The molecule has 28 heavy (non-hydrogen) atoms. The molecule has 2 aliphatic rings. The summed E-state index contributed by atoms with van der Waals surface area (Å²) >= 11 is 0. The maximum Gasteiger partial charge on any atom is 0.254 e. The van der Waals surface area contributed by atoms with Crippen molar-refractivity contribution in [2.24, 2.45) is 0 Å². The number of amides is 1. The zero-order chi connectivity index (χ0) is 18.9. The lowest BCUT2D eigenvalue weighted by Crippen LogP contribution is -2.20. The van der Waals surface area contributed by atoms with Crippen molar-refractivity contribution in [1.29, 1.82) is 0 Å². The van der Waals surface area contributed by atoms with Gasteiger partial charge in [0.05, 0.1) is 11.3 Å². The molecule has 0 saturated carbocycles. The Morgan fingerprint density at radius 1 is 1.14 bits per heavy atom. The molecule has 0 atom stereocenters. The van der Waals surface area contributed by atoms with Crippen molar-refractivity contribution in [3.63, 3.8) is 0 Å². The maximum atomic E-state index is 12.1. The van der Waals surface area contributed by atoms with Crippen molar-refractivity contribution in [3.05, 3.63) is 53.9 Å². The summed E-state index contributed by atoms with van der Waals surface area (Å²) in [6.07, 6.45) is 3.64. The summed E-state index contributed by atoms with van der Waals surface area (Å²) in [5, 5.41) is 14.5. The average Bonchev–Trinajstić information content (AvgIpc) is 3.37. The highest BCUT2D eigenvalue weighted by atomic mass is 16.5. The number of anilines is 2. The summed E-state index contributed by atoms with van der Waals surface area (Å²) in [6.45, 7) is 2.06. The number of fused-ring (bicyclic) bond motifs is 1. The van der Waals surface area contributed by atoms with E-state index in [9.17, 15) is 4.79 Å². The predicted octanol–water partition coefficient (Wildman–Crippen LogP) is 2.68. The third kappa shape index (κ3) is 3.01. The van der Waals surface area contributed by atoms with Crippen LogP contribution in [0.25, 0.3) is 11.5 Å². The lowest BCUT2D eigenvalue weighted by atomic mass is 10.1. The highest BCUT2D eigenvalue weighted by molar-refractivity contribution is 6.04. The van der Waals surface area contributed by atoms with Crippen molar-refractivity contribution in [2.45, 2.75) is 25.4 Å². The summed E-state index contributed by atoms with van der Waals surface area (Å²) in [7, 11) is 0. The van der Waals surface area contributed by atoms with Gasteiger partial charge < -0.3 is 19.9 Å². The number of ether oxygens (including phenoxy) is 1. The van der Waals surface area contributed by atoms with Gasteiger partial charge in [-0.25, -0.2) is 4.98 Å². The Hall–Kier alpha value is -3.26. The van der Waals surface area contributed by atoms with Crippen molar-refractivity contribution >= 4 is 17.4 Å². The van der Waals surface area contributed by atoms with E-state index in [1.807, 2.05) is 36.4 Å². The Balaban J connectivity index is 1.45. The van der Waals surface area contributed by atoms with Gasteiger partial charge in [0.15, 0.2) is 5.82 Å². The average molecular weight is 376 g/mol. The Kier molecular flexibility index (Phi) is 4.25. The van der Waals surface area contributed by atoms with Crippen LogP contribution in [0.4, 0.5) is 11.5 Å². The van der Waals surface area contributed by atoms with Crippen LogP contribution < -0.4 is 10.6 Å². The lowest BCUT2D eigenvalue weighted by Gasteiger charge is -2.24. The molecule has 0 bridgehead atoms. The smallest absolute Gasteiger partial charge is 0.254 e. The fraction of sp³-hybridized carbons (Fsp3) is 0.300. The number of nitrogens with one attached hydrogen (secondary N) is 2. The van der Waals surface area contributed by atoms with Crippen LogP contribution >= 0.6 is 0 Å². The molecule has 8 heteroatoms. The Morgan fingerprint density at radius 2 is 2.00 bits per heavy atom. The first-order valence-corrected chi connectivity index (χ1v) is 9.41. The number of rotatable bonds is 4. The number of aromatic nitrogens is 4. The molecule has 1 aromatic carbocycles. The molecular formula is C20H20N6O2. The molecule has 8 nitrogen and oxygen atoms in total. The molecule has 0 radical (unpaired) electrons. The van der Waals surface area contributed by atoms with Gasteiger partial charge in [-0.3, -0.25) is 4.79 Å². The van der Waals surface area contributed by atoms with Gasteiger partial charge in [0.2, 0.25) is 0 Å². The van der Waals surface area contributed by atoms with Crippen LogP contribution in [-0.4, -0.2) is 38.9 Å². The first-order valence-electron chi connectivity index (χ1n) is 9.41. The van der Waals surface area contributed by atoms with E-state index in [4.69, 9.17) is 9.72 Å². The fourth-order valence-electron chi connectivity index (χ4n) is 3.81. The van der Waals surface area contributed by atoms with Crippen molar-refractivity contribution in [1.82, 2.24) is 25.1 Å². The summed E-state index contributed by atoms with van der Waals surface area (Å²) in [5.74, 6) is 1.34. The van der Waals surface area contributed by atoms with Gasteiger partial charge in [0.25, 0.3) is 5.91 Å². The highest BCUT2D eigenvalue weighted by Gasteiger charge is 2.23.